The van der Waals surface area contributed by atoms with Gasteiger partial charge < -0.3 is 30.4 Å². The molecule has 4 N–H and O–H groups in total. The summed E-state index contributed by atoms with van der Waals surface area (Å²) in [7, 11) is 0. The quantitative estimate of drug-likeness (QED) is 0.0538. The van der Waals surface area contributed by atoms with E-state index in [0.717, 1.165) is 36.8 Å². The topological polar surface area (TPSA) is 123 Å². The molecule has 8 nitrogen and oxygen atoms in total. The summed E-state index contributed by atoms with van der Waals surface area (Å²) in [5.74, 6) is 1.90. The van der Waals surface area contributed by atoms with Crippen LogP contribution in [0, 0.1) is 0 Å². The van der Waals surface area contributed by atoms with Crippen molar-refractivity contribution in [1.29, 1.82) is 0 Å². The molecule has 2 aromatic rings. The first kappa shape index (κ1) is 39.6. The van der Waals surface area contributed by atoms with E-state index in [2.05, 4.69) is 13.8 Å². The molecule has 0 heterocycles. The van der Waals surface area contributed by atoms with Gasteiger partial charge in [-0.15, -0.1) is 0 Å². The van der Waals surface area contributed by atoms with Crippen LogP contribution in [-0.2, 0) is 9.59 Å². The Bertz CT molecular complexity index is 1130. The lowest BCUT2D eigenvalue weighted by Crippen LogP contribution is -2.11. The Morgan fingerprint density at radius 1 is 0.532 bits per heavy atom. The van der Waals surface area contributed by atoms with E-state index in [4.69, 9.17) is 30.4 Å². The smallest absolute Gasteiger partial charge is 0.163 e. The molecule has 0 spiro atoms. The van der Waals surface area contributed by atoms with Gasteiger partial charge in [0.05, 0.1) is 19.6 Å². The molecule has 2 aromatic carbocycles. The molecular formula is C39H58N2O6. The van der Waals surface area contributed by atoms with E-state index >= 15 is 0 Å². The van der Waals surface area contributed by atoms with Crippen LogP contribution in [0.1, 0.15) is 108 Å². The first-order valence-corrected chi connectivity index (χ1v) is 17.6. The number of hydrogen-bond acceptors (Lipinski definition) is 8. The van der Waals surface area contributed by atoms with Crippen molar-refractivity contribution in [3.63, 3.8) is 0 Å². The molecule has 0 bridgehead atoms. The van der Waals surface area contributed by atoms with Gasteiger partial charge in [-0.2, -0.15) is 0 Å². The molecule has 0 aliphatic carbocycles. The van der Waals surface area contributed by atoms with Gasteiger partial charge in [0.15, 0.2) is 34.6 Å². The highest BCUT2D eigenvalue weighted by atomic mass is 16.5. The highest BCUT2D eigenvalue weighted by Gasteiger charge is 2.09. The van der Waals surface area contributed by atoms with E-state index in [9.17, 15) is 9.59 Å². The van der Waals surface area contributed by atoms with E-state index in [1.807, 2.05) is 36.4 Å². The maximum atomic E-state index is 12.6. The number of benzene rings is 2. The molecule has 0 aliphatic heterocycles. The zero-order chi connectivity index (χ0) is 34.0. The SMILES string of the molecule is CCCCCCCCOc1ccc(/C=C/C(=O)CC(=O)/C=C/c2ccc(OCCCCCCCC)c(OCCN)c2)cc1OCCN. The van der Waals surface area contributed by atoms with Crippen LogP contribution in [-0.4, -0.2) is 51.1 Å². The number of unbranched alkanes of at least 4 members (excludes halogenated alkanes) is 10. The van der Waals surface area contributed by atoms with Gasteiger partial charge in [0, 0.05) is 13.1 Å². The minimum Gasteiger partial charge on any atom is -0.490 e. The first-order valence-electron chi connectivity index (χ1n) is 17.6. The predicted octanol–water partition coefficient (Wildman–Crippen LogP) is 8.10. The fourth-order valence-electron chi connectivity index (χ4n) is 4.86. The maximum Gasteiger partial charge on any atom is 0.163 e. The van der Waals surface area contributed by atoms with Crippen LogP contribution in [0.3, 0.4) is 0 Å². The number of ketones is 2. The van der Waals surface area contributed by atoms with Crippen LogP contribution in [0.5, 0.6) is 23.0 Å². The highest BCUT2D eigenvalue weighted by molar-refractivity contribution is 6.10. The summed E-state index contributed by atoms with van der Waals surface area (Å²) in [6.07, 6.45) is 20.2. The third kappa shape index (κ3) is 17.8. The second-order valence-corrected chi connectivity index (χ2v) is 11.7. The monoisotopic (exact) mass is 650 g/mol. The molecule has 8 heteroatoms. The number of carbonyl (C=O) groups is 2. The molecule has 0 aromatic heterocycles. The summed E-state index contributed by atoms with van der Waals surface area (Å²) in [5, 5.41) is 0. The third-order valence-corrected chi connectivity index (χ3v) is 7.47. The molecule has 0 saturated heterocycles. The average molecular weight is 651 g/mol. The van der Waals surface area contributed by atoms with E-state index in [1.165, 1.54) is 63.5 Å². The summed E-state index contributed by atoms with van der Waals surface area (Å²) in [6.45, 7) is 7.13. The van der Waals surface area contributed by atoms with Crippen molar-refractivity contribution in [2.45, 2.75) is 97.3 Å². The van der Waals surface area contributed by atoms with Crippen molar-refractivity contribution in [2.75, 3.05) is 39.5 Å². The largest absolute Gasteiger partial charge is 0.490 e. The van der Waals surface area contributed by atoms with Crippen molar-refractivity contribution >= 4 is 23.7 Å². The summed E-state index contributed by atoms with van der Waals surface area (Å²) >= 11 is 0. The number of carbonyl (C=O) groups excluding carboxylic acids is 2. The molecule has 260 valence electrons. The highest BCUT2D eigenvalue weighted by Crippen LogP contribution is 2.30. The van der Waals surface area contributed by atoms with Crippen molar-refractivity contribution in [1.82, 2.24) is 0 Å². The summed E-state index contributed by atoms with van der Waals surface area (Å²) in [5.41, 5.74) is 12.8. The number of allylic oxidation sites excluding steroid dienone is 2. The van der Waals surface area contributed by atoms with Crippen molar-refractivity contribution < 1.29 is 28.5 Å². The average Bonchev–Trinajstić information content (AvgIpc) is 3.08. The minimum atomic E-state index is -0.294. The molecule has 0 aliphatic rings. The van der Waals surface area contributed by atoms with Gasteiger partial charge in [0.25, 0.3) is 0 Å². The Balaban J connectivity index is 1.91. The van der Waals surface area contributed by atoms with E-state index in [1.54, 1.807) is 12.2 Å². The fraction of sp³-hybridized carbons (Fsp3) is 0.538. The zero-order valence-electron chi connectivity index (χ0n) is 28.8. The van der Waals surface area contributed by atoms with Gasteiger partial charge >= 0.3 is 0 Å². The van der Waals surface area contributed by atoms with Crippen LogP contribution in [0.15, 0.2) is 48.6 Å². The van der Waals surface area contributed by atoms with Crippen LogP contribution >= 0.6 is 0 Å². The number of rotatable bonds is 28. The van der Waals surface area contributed by atoms with Gasteiger partial charge in [0.1, 0.15) is 13.2 Å². The number of ether oxygens (including phenoxy) is 4. The Morgan fingerprint density at radius 2 is 0.915 bits per heavy atom. The van der Waals surface area contributed by atoms with Crippen LogP contribution < -0.4 is 30.4 Å². The minimum absolute atomic E-state index is 0.237. The van der Waals surface area contributed by atoms with Crippen molar-refractivity contribution in [2.24, 2.45) is 11.5 Å². The molecule has 0 unspecified atom stereocenters. The zero-order valence-corrected chi connectivity index (χ0v) is 28.8. The van der Waals surface area contributed by atoms with Gasteiger partial charge in [-0.05, 0) is 60.4 Å². The molecule has 0 atom stereocenters. The summed E-state index contributed by atoms with van der Waals surface area (Å²) in [4.78, 5) is 25.2. The van der Waals surface area contributed by atoms with Gasteiger partial charge in [-0.1, -0.05) is 102 Å². The standard InChI is InChI=1S/C39H58N2O6/c1-3-5-7-9-11-13-25-44-36-21-17-32(29-38(36)46-27-23-40)15-19-34(42)31-35(43)20-16-33-18-22-37(39(30-33)47-28-24-41)45-26-14-12-10-8-6-4-2/h15-22,29-30H,3-14,23-28,31,40-41H2,1-2H3/b19-15+,20-16+. The Labute approximate surface area is 282 Å². The lowest BCUT2D eigenvalue weighted by Gasteiger charge is -2.13. The number of nitrogens with two attached hydrogens (primary N) is 2. The van der Waals surface area contributed by atoms with E-state index < -0.39 is 0 Å². The Hall–Kier alpha value is -3.62. The Kier molecular flexibility index (Phi) is 21.4. The predicted molar refractivity (Wildman–Crippen MR) is 192 cm³/mol. The fourth-order valence-corrected chi connectivity index (χ4v) is 4.86. The summed E-state index contributed by atoms with van der Waals surface area (Å²) < 4.78 is 23.6. The van der Waals surface area contributed by atoms with Crippen LogP contribution in [0.2, 0.25) is 0 Å². The molecule has 0 radical (unpaired) electrons. The van der Waals surface area contributed by atoms with Crippen molar-refractivity contribution in [3.8, 4) is 23.0 Å². The number of hydrogen-bond donors (Lipinski definition) is 2. The normalized spacial score (nSPS) is 11.3. The van der Waals surface area contributed by atoms with Gasteiger partial charge in [-0.25, -0.2) is 0 Å². The lowest BCUT2D eigenvalue weighted by molar-refractivity contribution is -0.121. The second-order valence-electron chi connectivity index (χ2n) is 11.7. The molecule has 2 rings (SSSR count). The first-order chi connectivity index (χ1) is 23.0. The Morgan fingerprint density at radius 3 is 1.32 bits per heavy atom. The second kappa shape index (κ2) is 25.5. The molecular weight excluding hydrogens is 592 g/mol. The third-order valence-electron chi connectivity index (χ3n) is 7.47. The van der Waals surface area contributed by atoms with Crippen LogP contribution in [0.4, 0.5) is 0 Å². The van der Waals surface area contributed by atoms with E-state index in [0.29, 0.717) is 62.5 Å². The van der Waals surface area contributed by atoms with E-state index in [-0.39, 0.29) is 18.0 Å². The van der Waals surface area contributed by atoms with Gasteiger partial charge in [0.2, 0.25) is 0 Å². The molecule has 0 amide bonds. The maximum absolute atomic E-state index is 12.6. The molecule has 0 fully saturated rings. The molecule has 0 saturated carbocycles. The lowest BCUT2D eigenvalue weighted by atomic mass is 10.1. The van der Waals surface area contributed by atoms with Crippen molar-refractivity contribution in [3.05, 3.63) is 59.7 Å². The molecule has 47 heavy (non-hydrogen) atoms. The van der Waals surface area contributed by atoms with Gasteiger partial charge in [-0.3, -0.25) is 9.59 Å². The van der Waals surface area contributed by atoms with Crippen LogP contribution in [0.25, 0.3) is 12.2 Å². The summed E-state index contributed by atoms with van der Waals surface area (Å²) in [6, 6.07) is 11.1.